The van der Waals surface area contributed by atoms with E-state index >= 15 is 0 Å². The fourth-order valence-electron chi connectivity index (χ4n) is 1.64. The molecule has 0 fully saturated rings. The van der Waals surface area contributed by atoms with Crippen LogP contribution in [-0.4, -0.2) is 10.7 Å². The Balaban J connectivity index is 3.15. The second-order valence-electron chi connectivity index (χ2n) is 5.01. The molecule has 0 saturated carbocycles. The highest BCUT2D eigenvalue weighted by molar-refractivity contribution is 5.46. The van der Waals surface area contributed by atoms with E-state index in [2.05, 4.69) is 6.92 Å². The first-order valence-corrected chi connectivity index (χ1v) is 5.91. The molecule has 1 N–H and O–H groups in total. The Labute approximate surface area is 98.3 Å². The first-order chi connectivity index (χ1) is 7.37. The van der Waals surface area contributed by atoms with Crippen LogP contribution in [0.25, 0.3) is 0 Å². The van der Waals surface area contributed by atoms with Crippen LogP contribution in [0.2, 0.25) is 0 Å². The van der Waals surface area contributed by atoms with Gasteiger partial charge in [-0.05, 0) is 56.9 Å². The van der Waals surface area contributed by atoms with Gasteiger partial charge in [0.25, 0.3) is 0 Å². The van der Waals surface area contributed by atoms with Gasteiger partial charge in [-0.25, -0.2) is 0 Å². The lowest BCUT2D eigenvalue weighted by molar-refractivity contribution is 0.129. The molecule has 0 aliphatic rings. The van der Waals surface area contributed by atoms with Crippen molar-refractivity contribution in [2.75, 3.05) is 0 Å². The SMILES string of the molecule is CCc1cc(OC(C)(C)C)c(CC)cc1O. The van der Waals surface area contributed by atoms with Crippen LogP contribution in [0.15, 0.2) is 12.1 Å². The lowest BCUT2D eigenvalue weighted by Crippen LogP contribution is -2.23. The highest BCUT2D eigenvalue weighted by Crippen LogP contribution is 2.31. The van der Waals surface area contributed by atoms with E-state index < -0.39 is 0 Å². The number of benzene rings is 1. The van der Waals surface area contributed by atoms with Crippen molar-refractivity contribution in [3.8, 4) is 11.5 Å². The molecule has 0 spiro atoms. The molecular formula is C14H22O2. The van der Waals surface area contributed by atoms with Gasteiger partial charge in [-0.3, -0.25) is 0 Å². The van der Waals surface area contributed by atoms with Crippen LogP contribution < -0.4 is 4.74 Å². The average molecular weight is 222 g/mol. The Bertz CT molecular complexity index is 362. The third kappa shape index (κ3) is 3.16. The third-order valence-corrected chi connectivity index (χ3v) is 2.44. The summed E-state index contributed by atoms with van der Waals surface area (Å²) in [4.78, 5) is 0. The Hall–Kier alpha value is -1.18. The van der Waals surface area contributed by atoms with E-state index in [1.54, 1.807) is 0 Å². The lowest BCUT2D eigenvalue weighted by atomic mass is 10.0. The summed E-state index contributed by atoms with van der Waals surface area (Å²) in [5, 5.41) is 9.79. The van der Waals surface area contributed by atoms with Gasteiger partial charge < -0.3 is 9.84 Å². The van der Waals surface area contributed by atoms with E-state index in [1.165, 1.54) is 0 Å². The minimum absolute atomic E-state index is 0.202. The van der Waals surface area contributed by atoms with Gasteiger partial charge in [0.1, 0.15) is 17.1 Å². The molecule has 0 aliphatic heterocycles. The van der Waals surface area contributed by atoms with E-state index in [9.17, 15) is 5.11 Å². The summed E-state index contributed by atoms with van der Waals surface area (Å²) in [5.74, 6) is 1.27. The zero-order chi connectivity index (χ0) is 12.3. The highest BCUT2D eigenvalue weighted by atomic mass is 16.5. The zero-order valence-electron chi connectivity index (χ0n) is 10.9. The van der Waals surface area contributed by atoms with E-state index in [-0.39, 0.29) is 5.60 Å². The molecule has 0 amide bonds. The van der Waals surface area contributed by atoms with E-state index in [1.807, 2.05) is 39.8 Å². The van der Waals surface area contributed by atoms with E-state index in [4.69, 9.17) is 4.74 Å². The number of aromatic hydroxyl groups is 1. The largest absolute Gasteiger partial charge is 0.508 e. The van der Waals surface area contributed by atoms with Crippen molar-refractivity contribution >= 4 is 0 Å². The Kier molecular flexibility index (Phi) is 3.84. The molecule has 2 heteroatoms. The number of hydrogen-bond acceptors (Lipinski definition) is 2. The number of phenolic OH excluding ortho intramolecular Hbond substituents is 1. The molecule has 16 heavy (non-hydrogen) atoms. The minimum atomic E-state index is -0.202. The average Bonchev–Trinajstić information content (AvgIpc) is 2.18. The van der Waals surface area contributed by atoms with Crippen molar-refractivity contribution in [3.05, 3.63) is 23.3 Å². The van der Waals surface area contributed by atoms with E-state index in [0.717, 1.165) is 29.7 Å². The Morgan fingerprint density at radius 1 is 1.06 bits per heavy atom. The van der Waals surface area contributed by atoms with Crippen LogP contribution in [0.1, 0.15) is 45.7 Å². The Morgan fingerprint density at radius 2 is 1.62 bits per heavy atom. The van der Waals surface area contributed by atoms with Crippen LogP contribution >= 0.6 is 0 Å². The van der Waals surface area contributed by atoms with Crippen LogP contribution in [-0.2, 0) is 12.8 Å². The molecular weight excluding hydrogens is 200 g/mol. The van der Waals surface area contributed by atoms with Crippen molar-refractivity contribution in [1.29, 1.82) is 0 Å². The lowest BCUT2D eigenvalue weighted by Gasteiger charge is -2.24. The van der Waals surface area contributed by atoms with Gasteiger partial charge in [0, 0.05) is 0 Å². The number of phenols is 1. The van der Waals surface area contributed by atoms with Gasteiger partial charge in [0.05, 0.1) is 0 Å². The van der Waals surface area contributed by atoms with Crippen molar-refractivity contribution in [3.63, 3.8) is 0 Å². The number of aryl methyl sites for hydroxylation is 2. The topological polar surface area (TPSA) is 29.5 Å². The molecule has 90 valence electrons. The predicted octanol–water partition coefficient (Wildman–Crippen LogP) is 3.69. The first kappa shape index (κ1) is 12.9. The van der Waals surface area contributed by atoms with Crippen LogP contribution in [0.3, 0.4) is 0 Å². The first-order valence-electron chi connectivity index (χ1n) is 5.91. The third-order valence-electron chi connectivity index (χ3n) is 2.44. The van der Waals surface area contributed by atoms with Gasteiger partial charge >= 0.3 is 0 Å². The molecule has 1 aromatic rings. The molecule has 0 aromatic heterocycles. The second-order valence-corrected chi connectivity index (χ2v) is 5.01. The summed E-state index contributed by atoms with van der Waals surface area (Å²) in [6.45, 7) is 10.2. The molecule has 0 heterocycles. The summed E-state index contributed by atoms with van der Waals surface area (Å²) in [5.41, 5.74) is 1.80. The standard InChI is InChI=1S/C14H22O2/c1-6-10-9-13(16-14(3,4)5)11(7-2)8-12(10)15/h8-9,15H,6-7H2,1-5H3. The number of ether oxygens (including phenoxy) is 1. The molecule has 0 atom stereocenters. The van der Waals surface area contributed by atoms with Crippen molar-refractivity contribution < 1.29 is 9.84 Å². The molecule has 1 aromatic carbocycles. The summed E-state index contributed by atoms with van der Waals surface area (Å²) in [7, 11) is 0. The van der Waals surface area contributed by atoms with Crippen LogP contribution in [0.4, 0.5) is 0 Å². The van der Waals surface area contributed by atoms with Crippen molar-refractivity contribution in [1.82, 2.24) is 0 Å². The Morgan fingerprint density at radius 3 is 2.06 bits per heavy atom. The summed E-state index contributed by atoms with van der Waals surface area (Å²) < 4.78 is 5.91. The van der Waals surface area contributed by atoms with Crippen molar-refractivity contribution in [2.24, 2.45) is 0 Å². The summed E-state index contributed by atoms with van der Waals surface area (Å²) >= 11 is 0. The fraction of sp³-hybridized carbons (Fsp3) is 0.571. The van der Waals surface area contributed by atoms with Gasteiger partial charge in [-0.15, -0.1) is 0 Å². The number of rotatable bonds is 3. The summed E-state index contributed by atoms with van der Waals surface area (Å²) in [6.07, 6.45) is 1.68. The normalized spacial score (nSPS) is 11.6. The molecule has 0 aliphatic carbocycles. The molecule has 0 bridgehead atoms. The maximum Gasteiger partial charge on any atom is 0.123 e. The highest BCUT2D eigenvalue weighted by Gasteiger charge is 2.16. The zero-order valence-corrected chi connectivity index (χ0v) is 10.9. The smallest absolute Gasteiger partial charge is 0.123 e. The molecule has 2 nitrogen and oxygen atoms in total. The van der Waals surface area contributed by atoms with E-state index in [0.29, 0.717) is 5.75 Å². The fourth-order valence-corrected chi connectivity index (χ4v) is 1.64. The molecule has 0 saturated heterocycles. The van der Waals surface area contributed by atoms with Gasteiger partial charge in [0.15, 0.2) is 0 Å². The minimum Gasteiger partial charge on any atom is -0.508 e. The van der Waals surface area contributed by atoms with Gasteiger partial charge in [-0.2, -0.15) is 0 Å². The molecule has 0 radical (unpaired) electrons. The maximum absolute atomic E-state index is 9.79. The molecule has 0 unspecified atom stereocenters. The van der Waals surface area contributed by atoms with Crippen LogP contribution in [0, 0.1) is 0 Å². The quantitative estimate of drug-likeness (QED) is 0.845. The van der Waals surface area contributed by atoms with Crippen LogP contribution in [0.5, 0.6) is 11.5 Å². The molecule has 1 rings (SSSR count). The second kappa shape index (κ2) is 4.77. The summed E-state index contributed by atoms with van der Waals surface area (Å²) in [6, 6.07) is 3.78. The van der Waals surface area contributed by atoms with Gasteiger partial charge in [0.2, 0.25) is 0 Å². The van der Waals surface area contributed by atoms with Crippen molar-refractivity contribution in [2.45, 2.75) is 53.1 Å². The predicted molar refractivity (Wildman–Crippen MR) is 67.2 cm³/mol. The maximum atomic E-state index is 9.79. The van der Waals surface area contributed by atoms with Gasteiger partial charge in [-0.1, -0.05) is 13.8 Å². The monoisotopic (exact) mass is 222 g/mol. The number of hydrogen-bond donors (Lipinski definition) is 1.